The van der Waals surface area contributed by atoms with Gasteiger partial charge in [0.05, 0.1) is 36.3 Å². The normalized spacial score (nSPS) is 17.7. The number of nitrogens with zero attached hydrogens (tertiary/aromatic N) is 5. The van der Waals surface area contributed by atoms with Crippen LogP contribution in [0, 0.1) is 0 Å². The van der Waals surface area contributed by atoms with Crippen LogP contribution in [0.15, 0.2) is 59.8 Å². The summed E-state index contributed by atoms with van der Waals surface area (Å²) in [6, 6.07) is 9.65. The van der Waals surface area contributed by atoms with Crippen LogP contribution in [-0.2, 0) is 23.2 Å². The molecule has 3 aliphatic heterocycles. The Balaban J connectivity index is 0.892. The van der Waals surface area contributed by atoms with Crippen molar-refractivity contribution in [1.82, 2.24) is 29.6 Å². The average molecular weight is 723 g/mol. The molecule has 2 aromatic heterocycles. The predicted octanol–water partition coefficient (Wildman–Crippen LogP) is 2.99. The molecular formula is C39H42N6O8. The van der Waals surface area contributed by atoms with Gasteiger partial charge in [-0.2, -0.15) is 0 Å². The molecule has 3 aliphatic rings. The van der Waals surface area contributed by atoms with Crippen molar-refractivity contribution in [2.45, 2.75) is 44.4 Å². The van der Waals surface area contributed by atoms with Crippen molar-refractivity contribution in [3.8, 4) is 28.4 Å². The number of pyridine rings is 2. The molecule has 2 saturated heterocycles. The van der Waals surface area contributed by atoms with Crippen molar-refractivity contribution < 1.29 is 33.4 Å². The number of benzene rings is 2. The van der Waals surface area contributed by atoms with E-state index in [0.29, 0.717) is 29.2 Å². The van der Waals surface area contributed by atoms with Crippen LogP contribution < -0.4 is 25.1 Å². The quantitative estimate of drug-likeness (QED) is 0.160. The number of aromatic nitrogens is 2. The first-order valence-corrected chi connectivity index (χ1v) is 17.7. The van der Waals surface area contributed by atoms with Crippen molar-refractivity contribution >= 4 is 34.4 Å². The number of ether oxygens (including phenoxy) is 3. The number of hydrogen-bond donors (Lipinski definition) is 1. The number of methoxy groups -OCH3 is 2. The summed E-state index contributed by atoms with van der Waals surface area (Å²) in [6.07, 6.45) is 7.26. The smallest absolute Gasteiger partial charge is 0.262 e. The number of likely N-dealkylation sites (tertiary alicyclic amines) is 1. The van der Waals surface area contributed by atoms with Gasteiger partial charge in [0.2, 0.25) is 11.8 Å². The molecule has 4 amide bonds. The Labute approximate surface area is 306 Å². The topological polar surface area (TPSA) is 153 Å². The van der Waals surface area contributed by atoms with Crippen molar-refractivity contribution in [2.75, 3.05) is 47.4 Å². The van der Waals surface area contributed by atoms with E-state index in [1.54, 1.807) is 56.4 Å². The summed E-state index contributed by atoms with van der Waals surface area (Å²) in [5.74, 6) is -0.208. The maximum absolute atomic E-state index is 13.1. The number of imide groups is 2. The van der Waals surface area contributed by atoms with Crippen molar-refractivity contribution in [3.63, 3.8) is 0 Å². The molecule has 0 saturated carbocycles. The SMILES string of the molecule is COc1cc(-c2cn(C)c(=O)c3cnccc23)cc(OC)c1CN(C)CCCCN1CC(Oc2ccc3c(c2)C(=O)N(C2CCC(=O)NC2=O)C3=O)C1. The van der Waals surface area contributed by atoms with Crippen LogP contribution in [-0.4, -0.2) is 107 Å². The molecule has 1 atom stereocenters. The van der Waals surface area contributed by atoms with Crippen LogP contribution in [0.3, 0.4) is 0 Å². The van der Waals surface area contributed by atoms with Gasteiger partial charge in [-0.05, 0) is 86.7 Å². The summed E-state index contributed by atoms with van der Waals surface area (Å²) in [6.45, 7) is 3.94. The van der Waals surface area contributed by atoms with Crippen LogP contribution in [0.1, 0.15) is 52.0 Å². The maximum Gasteiger partial charge on any atom is 0.262 e. The molecule has 0 bridgehead atoms. The van der Waals surface area contributed by atoms with E-state index in [1.165, 1.54) is 0 Å². The maximum atomic E-state index is 13.1. The first-order chi connectivity index (χ1) is 25.6. The fraction of sp³-hybridized carbons (Fsp3) is 0.385. The second-order valence-corrected chi connectivity index (χ2v) is 13.8. The number of nitrogens with one attached hydrogen (secondary N) is 1. The van der Waals surface area contributed by atoms with Gasteiger partial charge in [0, 0.05) is 57.3 Å². The van der Waals surface area contributed by atoms with E-state index in [1.807, 2.05) is 24.4 Å². The van der Waals surface area contributed by atoms with Gasteiger partial charge in [-0.3, -0.25) is 44.1 Å². The van der Waals surface area contributed by atoms with Crippen molar-refractivity contribution in [2.24, 2.45) is 7.05 Å². The molecule has 2 aromatic carbocycles. The third-order valence-corrected chi connectivity index (χ3v) is 10.2. The highest BCUT2D eigenvalue weighted by Gasteiger charge is 2.45. The summed E-state index contributed by atoms with van der Waals surface area (Å²) in [5, 5.41) is 3.58. The molecule has 14 heteroatoms. The van der Waals surface area contributed by atoms with Gasteiger partial charge in [-0.15, -0.1) is 0 Å². The molecule has 53 heavy (non-hydrogen) atoms. The zero-order valence-electron chi connectivity index (χ0n) is 30.2. The highest BCUT2D eigenvalue weighted by Crippen LogP contribution is 2.38. The third kappa shape index (κ3) is 6.99. The fourth-order valence-corrected chi connectivity index (χ4v) is 7.40. The van der Waals surface area contributed by atoms with Crippen LogP contribution in [0.4, 0.5) is 0 Å². The first-order valence-electron chi connectivity index (χ1n) is 17.7. The lowest BCUT2D eigenvalue weighted by Gasteiger charge is -2.39. The van der Waals surface area contributed by atoms with E-state index in [9.17, 15) is 24.0 Å². The van der Waals surface area contributed by atoms with E-state index < -0.39 is 29.7 Å². The monoisotopic (exact) mass is 722 g/mol. The number of unbranched alkanes of at least 4 members (excludes halogenated alkanes) is 1. The number of carbonyl (C=O) groups excluding carboxylic acids is 4. The zero-order chi connectivity index (χ0) is 37.4. The molecule has 1 unspecified atom stereocenters. The molecule has 14 nitrogen and oxygen atoms in total. The zero-order valence-corrected chi connectivity index (χ0v) is 30.2. The Bertz CT molecular complexity index is 2150. The Morgan fingerprint density at radius 3 is 2.36 bits per heavy atom. The van der Waals surface area contributed by atoms with Gasteiger partial charge >= 0.3 is 0 Å². The molecule has 0 radical (unpaired) electrons. The van der Waals surface area contributed by atoms with Gasteiger partial charge in [-0.1, -0.05) is 0 Å². The lowest BCUT2D eigenvalue weighted by Crippen LogP contribution is -2.54. The highest BCUT2D eigenvalue weighted by molar-refractivity contribution is 6.23. The third-order valence-electron chi connectivity index (χ3n) is 10.2. The second-order valence-electron chi connectivity index (χ2n) is 13.8. The van der Waals surface area contributed by atoms with Crippen LogP contribution in [0.25, 0.3) is 21.9 Å². The molecule has 2 fully saturated rings. The van der Waals surface area contributed by atoms with Crippen molar-refractivity contribution in [1.29, 1.82) is 0 Å². The minimum atomic E-state index is -0.999. The number of amides is 4. The van der Waals surface area contributed by atoms with E-state index in [-0.39, 0.29) is 35.6 Å². The fourth-order valence-electron chi connectivity index (χ4n) is 7.40. The Kier molecular flexibility index (Phi) is 9.99. The Morgan fingerprint density at radius 2 is 1.64 bits per heavy atom. The summed E-state index contributed by atoms with van der Waals surface area (Å²) >= 11 is 0. The largest absolute Gasteiger partial charge is 0.496 e. The second kappa shape index (κ2) is 14.8. The summed E-state index contributed by atoms with van der Waals surface area (Å²) in [5.41, 5.74) is 3.05. The number of hydrogen-bond acceptors (Lipinski definition) is 11. The molecule has 276 valence electrons. The Morgan fingerprint density at radius 1 is 0.906 bits per heavy atom. The van der Waals surface area contributed by atoms with Gasteiger partial charge in [-0.25, -0.2) is 0 Å². The highest BCUT2D eigenvalue weighted by atomic mass is 16.5. The minimum Gasteiger partial charge on any atom is -0.496 e. The molecule has 7 rings (SSSR count). The Hall–Kier alpha value is -5.60. The average Bonchev–Trinajstić information content (AvgIpc) is 3.38. The minimum absolute atomic E-state index is 0.0347. The van der Waals surface area contributed by atoms with Gasteiger partial charge in [0.25, 0.3) is 17.4 Å². The summed E-state index contributed by atoms with van der Waals surface area (Å²) < 4.78 is 19.4. The molecular weight excluding hydrogens is 680 g/mol. The molecule has 1 N–H and O–H groups in total. The lowest BCUT2D eigenvalue weighted by molar-refractivity contribution is -0.136. The molecule has 5 heterocycles. The number of rotatable bonds is 13. The van der Waals surface area contributed by atoms with Crippen molar-refractivity contribution in [3.05, 3.63) is 82.0 Å². The van der Waals surface area contributed by atoms with E-state index in [2.05, 4.69) is 27.1 Å². The van der Waals surface area contributed by atoms with Crippen LogP contribution in [0.2, 0.25) is 0 Å². The lowest BCUT2D eigenvalue weighted by atomic mass is 9.99. The van der Waals surface area contributed by atoms with E-state index in [4.69, 9.17) is 14.2 Å². The van der Waals surface area contributed by atoms with Gasteiger partial charge in [0.15, 0.2) is 0 Å². The summed E-state index contributed by atoms with van der Waals surface area (Å²) in [4.78, 5) is 72.4. The number of carbonyl (C=O) groups is 4. The van der Waals surface area contributed by atoms with Crippen LogP contribution in [0.5, 0.6) is 17.2 Å². The van der Waals surface area contributed by atoms with Crippen LogP contribution >= 0.6 is 0 Å². The molecule has 4 aromatic rings. The number of fused-ring (bicyclic) bond motifs is 2. The predicted molar refractivity (Wildman–Crippen MR) is 195 cm³/mol. The molecule has 0 aliphatic carbocycles. The molecule has 0 spiro atoms. The standard InChI is InChI=1S/C39H42N6O8/c1-42(21-31-33(51-3)15-23(16-34(31)52-4)30-22-43(2)37(48)29-18-40-12-11-26(29)30)13-5-6-14-44-19-25(20-44)53-24-7-8-27-28(17-24)39(50)45(38(27)49)32-9-10-35(46)41-36(32)47/h7-8,11-12,15-18,22,25,32H,5-6,9-10,13-14,19-21H2,1-4H3,(H,41,46,47). The van der Waals surface area contributed by atoms with Gasteiger partial charge < -0.3 is 23.7 Å². The number of aryl methyl sites for hydroxylation is 1. The van der Waals surface area contributed by atoms with E-state index >= 15 is 0 Å². The van der Waals surface area contributed by atoms with Gasteiger partial charge in [0.1, 0.15) is 29.4 Å². The first kappa shape index (κ1) is 35.8. The summed E-state index contributed by atoms with van der Waals surface area (Å²) in [7, 11) is 7.11. The number of piperidine rings is 1. The van der Waals surface area contributed by atoms with E-state index in [0.717, 1.165) is 66.0 Å².